The molecule has 0 heterocycles. The topological polar surface area (TPSA) is 0 Å². The minimum Gasteiger partial charge on any atom is -0.207 e. The number of terminal acetylenes is 1. The summed E-state index contributed by atoms with van der Waals surface area (Å²) in [6, 6.07) is 0. The fourth-order valence-electron chi connectivity index (χ4n) is 3.52. The Labute approximate surface area is 127 Å². The van der Waals surface area contributed by atoms with E-state index >= 15 is 0 Å². The molecule has 0 aliphatic heterocycles. The van der Waals surface area contributed by atoms with Crippen LogP contribution in [-0.4, -0.2) is 0 Å². The summed E-state index contributed by atoms with van der Waals surface area (Å²) in [5, 5.41) is 0. The summed E-state index contributed by atoms with van der Waals surface area (Å²) in [7, 11) is 0. The molecule has 0 bridgehead atoms. The summed E-state index contributed by atoms with van der Waals surface area (Å²) in [5.41, 5.74) is 4.35. The molecular formula is C20H23F. The number of halogens is 1. The monoisotopic (exact) mass is 282 g/mol. The van der Waals surface area contributed by atoms with Crippen molar-refractivity contribution in [3.8, 4) is 12.3 Å². The molecule has 0 saturated heterocycles. The second-order valence-corrected chi connectivity index (χ2v) is 6.16. The predicted molar refractivity (Wildman–Crippen MR) is 88.3 cm³/mol. The lowest BCUT2D eigenvalue weighted by Gasteiger charge is -2.39. The summed E-state index contributed by atoms with van der Waals surface area (Å²) in [6.45, 7) is 6.23. The average molecular weight is 282 g/mol. The molecule has 1 heteroatoms. The van der Waals surface area contributed by atoms with Gasteiger partial charge in [-0.25, -0.2) is 4.39 Å². The maximum atomic E-state index is 14.4. The van der Waals surface area contributed by atoms with Crippen LogP contribution in [0.2, 0.25) is 0 Å². The Morgan fingerprint density at radius 1 is 1.43 bits per heavy atom. The van der Waals surface area contributed by atoms with Gasteiger partial charge in [-0.1, -0.05) is 43.1 Å². The van der Waals surface area contributed by atoms with Crippen molar-refractivity contribution in [3.05, 3.63) is 58.5 Å². The van der Waals surface area contributed by atoms with E-state index in [9.17, 15) is 4.39 Å². The van der Waals surface area contributed by atoms with Gasteiger partial charge in [0.2, 0.25) is 0 Å². The Balaban J connectivity index is 2.53. The van der Waals surface area contributed by atoms with Gasteiger partial charge in [-0.2, -0.15) is 0 Å². The molecule has 0 aromatic rings. The standard InChI is InChI=1S/C20H23F/c1-5-7-10-15-14-16-11-9-13-18(21)19(16)20(3,4)17(15)12-8-6-2/h2,5,7-8,12-13H,9-11,14H2,1,3-4H3/b7-5-,12-8-. The van der Waals surface area contributed by atoms with Crippen LogP contribution in [0, 0.1) is 17.8 Å². The first-order chi connectivity index (χ1) is 10.0. The minimum absolute atomic E-state index is 0.0436. The van der Waals surface area contributed by atoms with Crippen molar-refractivity contribution >= 4 is 0 Å². The zero-order chi connectivity index (χ0) is 15.5. The van der Waals surface area contributed by atoms with Crippen molar-refractivity contribution in [1.82, 2.24) is 0 Å². The molecule has 110 valence electrons. The van der Waals surface area contributed by atoms with Gasteiger partial charge < -0.3 is 0 Å². The van der Waals surface area contributed by atoms with Crippen molar-refractivity contribution in [3.63, 3.8) is 0 Å². The molecule has 0 spiro atoms. The van der Waals surface area contributed by atoms with E-state index in [1.165, 1.54) is 16.7 Å². The lowest BCUT2D eigenvalue weighted by molar-refractivity contribution is 0.473. The number of hydrogen-bond acceptors (Lipinski definition) is 0. The molecule has 0 aromatic carbocycles. The van der Waals surface area contributed by atoms with Crippen molar-refractivity contribution < 1.29 is 4.39 Å². The minimum atomic E-state index is -0.321. The van der Waals surface area contributed by atoms with E-state index in [2.05, 4.69) is 31.9 Å². The van der Waals surface area contributed by atoms with Crippen LogP contribution in [0.5, 0.6) is 0 Å². The summed E-state index contributed by atoms with van der Waals surface area (Å²) < 4.78 is 14.4. The van der Waals surface area contributed by atoms with Crippen LogP contribution < -0.4 is 0 Å². The van der Waals surface area contributed by atoms with Crippen molar-refractivity contribution in [2.24, 2.45) is 5.41 Å². The summed E-state index contributed by atoms with van der Waals surface area (Å²) in [5.74, 6) is 2.51. The van der Waals surface area contributed by atoms with E-state index in [1.54, 1.807) is 12.2 Å². The Morgan fingerprint density at radius 2 is 2.19 bits per heavy atom. The molecule has 2 aliphatic rings. The van der Waals surface area contributed by atoms with E-state index in [-0.39, 0.29) is 11.2 Å². The SMILES string of the molecule is C#C/C=C\C1=C(C/C=C\C)CC2=C(C(F)=CCC2)C1(C)C. The smallest absolute Gasteiger partial charge is 0.123 e. The van der Waals surface area contributed by atoms with Gasteiger partial charge in [0.15, 0.2) is 0 Å². The van der Waals surface area contributed by atoms with Gasteiger partial charge in [-0.3, -0.25) is 0 Å². The Bertz CT molecular complexity index is 613. The highest BCUT2D eigenvalue weighted by atomic mass is 19.1. The van der Waals surface area contributed by atoms with E-state index < -0.39 is 0 Å². The molecule has 21 heavy (non-hydrogen) atoms. The number of allylic oxidation sites excluding steroid dienone is 10. The molecule has 0 amide bonds. The third kappa shape index (κ3) is 2.95. The van der Waals surface area contributed by atoms with Gasteiger partial charge in [0, 0.05) is 5.41 Å². The molecule has 0 N–H and O–H groups in total. The molecule has 0 nitrogen and oxygen atoms in total. The molecular weight excluding hydrogens is 259 g/mol. The highest BCUT2D eigenvalue weighted by Crippen LogP contribution is 2.51. The number of rotatable bonds is 3. The van der Waals surface area contributed by atoms with Gasteiger partial charge in [0.25, 0.3) is 0 Å². The lowest BCUT2D eigenvalue weighted by atomic mass is 9.65. The van der Waals surface area contributed by atoms with Crippen molar-refractivity contribution in [1.29, 1.82) is 0 Å². The zero-order valence-corrected chi connectivity index (χ0v) is 13.2. The third-order valence-electron chi connectivity index (χ3n) is 4.41. The second kappa shape index (κ2) is 6.31. The maximum Gasteiger partial charge on any atom is 0.123 e. The summed E-state index contributed by atoms with van der Waals surface area (Å²) in [4.78, 5) is 0. The van der Waals surface area contributed by atoms with Crippen LogP contribution in [0.3, 0.4) is 0 Å². The van der Waals surface area contributed by atoms with Crippen LogP contribution in [0.25, 0.3) is 0 Å². The Kier molecular flexibility index (Phi) is 4.68. The maximum absolute atomic E-state index is 14.4. The Hall–Kier alpha value is -1.81. The molecule has 0 saturated carbocycles. The molecule has 0 aromatic heterocycles. The predicted octanol–water partition coefficient (Wildman–Crippen LogP) is 5.81. The number of hydrogen-bond donors (Lipinski definition) is 0. The summed E-state index contributed by atoms with van der Waals surface area (Å²) >= 11 is 0. The highest BCUT2D eigenvalue weighted by Gasteiger charge is 2.37. The average Bonchev–Trinajstić information content (AvgIpc) is 2.43. The van der Waals surface area contributed by atoms with E-state index in [4.69, 9.17) is 6.42 Å². The summed E-state index contributed by atoms with van der Waals surface area (Å²) in [6.07, 6.45) is 18.6. The van der Waals surface area contributed by atoms with Crippen LogP contribution in [0.4, 0.5) is 4.39 Å². The molecule has 0 atom stereocenters. The van der Waals surface area contributed by atoms with Crippen molar-refractivity contribution in [2.45, 2.75) is 46.5 Å². The first kappa shape index (κ1) is 15.6. The molecule has 0 fully saturated rings. The van der Waals surface area contributed by atoms with Gasteiger partial charge in [-0.15, -0.1) is 6.42 Å². The first-order valence-corrected chi connectivity index (χ1v) is 7.57. The quantitative estimate of drug-likeness (QED) is 0.452. The van der Waals surface area contributed by atoms with Crippen molar-refractivity contribution in [2.75, 3.05) is 0 Å². The van der Waals surface area contributed by atoms with Crippen LogP contribution in [0.1, 0.15) is 46.5 Å². The highest BCUT2D eigenvalue weighted by molar-refractivity contribution is 5.54. The Morgan fingerprint density at radius 3 is 2.86 bits per heavy atom. The van der Waals surface area contributed by atoms with Gasteiger partial charge >= 0.3 is 0 Å². The van der Waals surface area contributed by atoms with Gasteiger partial charge in [-0.05, 0) is 62.0 Å². The van der Waals surface area contributed by atoms with Gasteiger partial charge in [0.05, 0.1) is 0 Å². The normalized spacial score (nSPS) is 21.8. The zero-order valence-electron chi connectivity index (χ0n) is 13.2. The van der Waals surface area contributed by atoms with Crippen LogP contribution in [-0.2, 0) is 0 Å². The van der Waals surface area contributed by atoms with Gasteiger partial charge in [0.1, 0.15) is 5.83 Å². The van der Waals surface area contributed by atoms with Crippen LogP contribution in [0.15, 0.2) is 58.5 Å². The molecule has 0 radical (unpaired) electrons. The fraction of sp³-hybridized carbons (Fsp3) is 0.400. The second-order valence-electron chi connectivity index (χ2n) is 6.16. The molecule has 2 aliphatic carbocycles. The van der Waals surface area contributed by atoms with E-state index in [0.29, 0.717) is 0 Å². The molecule has 0 unspecified atom stereocenters. The first-order valence-electron chi connectivity index (χ1n) is 7.57. The molecule has 2 rings (SSSR count). The van der Waals surface area contributed by atoms with E-state index in [0.717, 1.165) is 31.3 Å². The fourth-order valence-corrected chi connectivity index (χ4v) is 3.52. The van der Waals surface area contributed by atoms with Crippen LogP contribution >= 0.6 is 0 Å². The largest absolute Gasteiger partial charge is 0.207 e. The lowest BCUT2D eigenvalue weighted by Crippen LogP contribution is -2.26. The van der Waals surface area contributed by atoms with E-state index in [1.807, 2.05) is 13.0 Å². The third-order valence-corrected chi connectivity index (χ3v) is 4.41.